The highest BCUT2D eigenvalue weighted by Gasteiger charge is 2.16. The molecule has 0 atom stereocenters. The maximum absolute atomic E-state index is 11.9. The number of methoxy groups -OCH3 is 1. The maximum Gasteiger partial charge on any atom is 0.412 e. The first-order chi connectivity index (χ1) is 14.9. The average molecular weight is 431 g/mol. The van der Waals surface area contributed by atoms with Gasteiger partial charge < -0.3 is 24.5 Å². The van der Waals surface area contributed by atoms with Crippen LogP contribution in [-0.4, -0.2) is 51.0 Å². The number of carbonyl (C=O) groups is 1. The number of ether oxygens (including phenoxy) is 2. The summed E-state index contributed by atoms with van der Waals surface area (Å²) >= 11 is 0. The molecule has 1 aromatic heterocycles. The second-order valence-electron chi connectivity index (χ2n) is 7.98. The number of nitrogens with zero attached hydrogens (tertiary/aromatic N) is 1. The summed E-state index contributed by atoms with van der Waals surface area (Å²) in [6.45, 7) is 8.09. The zero-order valence-electron chi connectivity index (χ0n) is 18.9. The van der Waals surface area contributed by atoms with Gasteiger partial charge in [-0.25, -0.2) is 4.79 Å². The first-order valence-corrected chi connectivity index (χ1v) is 10.5. The minimum absolute atomic E-state index is 0.459. The normalized spacial score (nSPS) is 11.8. The van der Waals surface area contributed by atoms with Crippen LogP contribution in [0.4, 0.5) is 10.5 Å². The van der Waals surface area contributed by atoms with Crippen molar-refractivity contribution in [2.45, 2.75) is 39.2 Å². The average Bonchev–Trinajstić information content (AvgIpc) is 3.21. The van der Waals surface area contributed by atoms with Crippen molar-refractivity contribution in [2.24, 2.45) is 4.99 Å². The number of carbonyl (C=O) groups excluding carboxylic acids is 1. The van der Waals surface area contributed by atoms with E-state index in [4.69, 9.17) is 13.9 Å². The van der Waals surface area contributed by atoms with Gasteiger partial charge >= 0.3 is 6.09 Å². The van der Waals surface area contributed by atoms with E-state index in [0.717, 1.165) is 43.2 Å². The lowest BCUT2D eigenvalue weighted by atomic mass is 10.1. The molecule has 0 unspecified atom stereocenters. The molecule has 0 aliphatic heterocycles. The summed E-state index contributed by atoms with van der Waals surface area (Å²) in [4.78, 5) is 16.4. The number of furan rings is 1. The molecule has 0 spiro atoms. The highest BCUT2D eigenvalue weighted by Crippen LogP contribution is 2.13. The number of hydrogen-bond acceptors (Lipinski definition) is 5. The fourth-order valence-corrected chi connectivity index (χ4v) is 2.68. The van der Waals surface area contributed by atoms with Crippen molar-refractivity contribution < 1.29 is 18.7 Å². The summed E-state index contributed by atoms with van der Waals surface area (Å²) in [7, 11) is 1.66. The van der Waals surface area contributed by atoms with Gasteiger partial charge in [-0.05, 0) is 57.0 Å². The van der Waals surface area contributed by atoms with Gasteiger partial charge in [-0.2, -0.15) is 0 Å². The second kappa shape index (κ2) is 12.6. The Morgan fingerprint density at radius 3 is 2.39 bits per heavy atom. The van der Waals surface area contributed by atoms with Crippen molar-refractivity contribution in [1.82, 2.24) is 10.6 Å². The van der Waals surface area contributed by atoms with E-state index >= 15 is 0 Å². The number of guanidine groups is 1. The summed E-state index contributed by atoms with van der Waals surface area (Å²) in [5.74, 6) is 1.68. The lowest BCUT2D eigenvalue weighted by Gasteiger charge is -2.19. The molecule has 0 bridgehead atoms. The first-order valence-electron chi connectivity index (χ1n) is 10.5. The highest BCUT2D eigenvalue weighted by molar-refractivity contribution is 5.84. The lowest BCUT2D eigenvalue weighted by molar-refractivity contribution is 0.0636. The monoisotopic (exact) mass is 430 g/mol. The Labute approximate surface area is 184 Å². The third-order valence-corrected chi connectivity index (χ3v) is 4.11. The van der Waals surface area contributed by atoms with Gasteiger partial charge in [-0.3, -0.25) is 10.3 Å². The Morgan fingerprint density at radius 2 is 1.77 bits per heavy atom. The predicted octanol–water partition coefficient (Wildman–Crippen LogP) is 3.59. The zero-order chi connectivity index (χ0) is 22.5. The third kappa shape index (κ3) is 10.5. The van der Waals surface area contributed by atoms with Crippen LogP contribution in [0.5, 0.6) is 0 Å². The number of benzene rings is 1. The van der Waals surface area contributed by atoms with Gasteiger partial charge in [0.15, 0.2) is 5.96 Å². The molecule has 0 saturated heterocycles. The van der Waals surface area contributed by atoms with Crippen molar-refractivity contribution in [3.05, 3.63) is 54.0 Å². The number of rotatable bonds is 10. The molecule has 8 nitrogen and oxygen atoms in total. The Kier molecular flexibility index (Phi) is 9.90. The molecule has 2 rings (SSSR count). The molecule has 1 amide bonds. The van der Waals surface area contributed by atoms with Crippen molar-refractivity contribution in [3.8, 4) is 0 Å². The fourth-order valence-electron chi connectivity index (χ4n) is 2.68. The van der Waals surface area contributed by atoms with E-state index in [0.29, 0.717) is 18.8 Å². The topological polar surface area (TPSA) is 97.1 Å². The van der Waals surface area contributed by atoms with Crippen LogP contribution in [0.1, 0.15) is 32.1 Å². The number of nitrogens with one attached hydrogen (secondary N) is 3. The molecule has 0 aliphatic rings. The van der Waals surface area contributed by atoms with Gasteiger partial charge in [0.1, 0.15) is 11.4 Å². The Bertz CT molecular complexity index is 796. The quantitative estimate of drug-likeness (QED) is 0.303. The molecule has 3 N–H and O–H groups in total. The van der Waals surface area contributed by atoms with Crippen molar-refractivity contribution in [2.75, 3.05) is 38.7 Å². The smallest absolute Gasteiger partial charge is 0.412 e. The summed E-state index contributed by atoms with van der Waals surface area (Å²) in [5.41, 5.74) is 1.32. The first kappa shape index (κ1) is 24.3. The Hall–Kier alpha value is -3.00. The number of aliphatic imine (C=N–C) groups is 1. The summed E-state index contributed by atoms with van der Waals surface area (Å²) < 4.78 is 15.7. The van der Waals surface area contributed by atoms with E-state index in [1.54, 1.807) is 13.4 Å². The Morgan fingerprint density at radius 1 is 1.06 bits per heavy atom. The molecule has 170 valence electrons. The van der Waals surface area contributed by atoms with Gasteiger partial charge in [0, 0.05) is 32.3 Å². The van der Waals surface area contributed by atoms with Crippen LogP contribution in [0.15, 0.2) is 52.1 Å². The summed E-state index contributed by atoms with van der Waals surface area (Å²) in [5, 5.41) is 9.40. The van der Waals surface area contributed by atoms with E-state index in [-0.39, 0.29) is 0 Å². The van der Waals surface area contributed by atoms with Crippen LogP contribution in [0.25, 0.3) is 0 Å². The number of anilines is 1. The summed E-state index contributed by atoms with van der Waals surface area (Å²) in [6, 6.07) is 11.6. The molecular weight excluding hydrogens is 396 g/mol. The van der Waals surface area contributed by atoms with Crippen LogP contribution in [0.3, 0.4) is 0 Å². The standard InChI is InChI=1S/C23H34N4O4/c1-23(2,3)31-22(28)27-19-9-7-18(8-10-19)11-13-24-21(26-15-17-29-4)25-14-12-20-6-5-16-30-20/h5-10,16H,11-15,17H2,1-4H3,(H,27,28)(H2,24,25,26). The van der Waals surface area contributed by atoms with Crippen LogP contribution < -0.4 is 16.0 Å². The molecular formula is C23H34N4O4. The predicted molar refractivity (Wildman–Crippen MR) is 123 cm³/mol. The number of hydrogen-bond donors (Lipinski definition) is 3. The number of amides is 1. The lowest BCUT2D eigenvalue weighted by Crippen LogP contribution is -2.39. The van der Waals surface area contributed by atoms with Gasteiger partial charge in [0.2, 0.25) is 0 Å². The van der Waals surface area contributed by atoms with E-state index in [1.165, 1.54) is 0 Å². The largest absolute Gasteiger partial charge is 0.469 e. The van der Waals surface area contributed by atoms with Crippen LogP contribution in [0, 0.1) is 0 Å². The van der Waals surface area contributed by atoms with Gasteiger partial charge in [-0.1, -0.05) is 12.1 Å². The second-order valence-corrected chi connectivity index (χ2v) is 7.98. The van der Waals surface area contributed by atoms with E-state index in [1.807, 2.05) is 57.2 Å². The molecule has 0 saturated carbocycles. The molecule has 1 heterocycles. The zero-order valence-corrected chi connectivity index (χ0v) is 18.9. The van der Waals surface area contributed by atoms with Gasteiger partial charge in [0.25, 0.3) is 0 Å². The Balaban J connectivity index is 1.77. The van der Waals surface area contributed by atoms with E-state index in [9.17, 15) is 4.79 Å². The third-order valence-electron chi connectivity index (χ3n) is 4.11. The van der Waals surface area contributed by atoms with Crippen LogP contribution in [-0.2, 0) is 22.3 Å². The molecule has 0 radical (unpaired) electrons. The highest BCUT2D eigenvalue weighted by atomic mass is 16.6. The van der Waals surface area contributed by atoms with E-state index in [2.05, 4.69) is 20.9 Å². The van der Waals surface area contributed by atoms with Crippen molar-refractivity contribution in [3.63, 3.8) is 0 Å². The molecule has 2 aromatic rings. The van der Waals surface area contributed by atoms with Crippen LogP contribution in [0.2, 0.25) is 0 Å². The SMILES string of the molecule is COCCN=C(NCCc1ccc(NC(=O)OC(C)(C)C)cc1)NCCc1ccco1. The van der Waals surface area contributed by atoms with Crippen molar-refractivity contribution >= 4 is 17.7 Å². The minimum atomic E-state index is -0.524. The van der Waals surface area contributed by atoms with Crippen molar-refractivity contribution in [1.29, 1.82) is 0 Å². The molecule has 1 aromatic carbocycles. The van der Waals surface area contributed by atoms with Gasteiger partial charge in [-0.15, -0.1) is 0 Å². The van der Waals surface area contributed by atoms with Gasteiger partial charge in [0.05, 0.1) is 19.4 Å². The minimum Gasteiger partial charge on any atom is -0.469 e. The molecule has 0 aliphatic carbocycles. The molecule has 8 heteroatoms. The summed E-state index contributed by atoms with van der Waals surface area (Å²) in [6.07, 6.45) is 2.81. The fraction of sp³-hybridized carbons (Fsp3) is 0.478. The van der Waals surface area contributed by atoms with Crippen LogP contribution >= 0.6 is 0 Å². The molecule has 0 fully saturated rings. The van der Waals surface area contributed by atoms with E-state index < -0.39 is 11.7 Å². The maximum atomic E-state index is 11.9. The molecule has 31 heavy (non-hydrogen) atoms.